The molecule has 1 N–H and O–H groups in total. The van der Waals surface area contributed by atoms with E-state index in [-0.39, 0.29) is 11.9 Å². The SMILES string of the molecule is CC(Oc1ccc(Cl)cc1Cl)C(=O)N1CCCN(C(=O)Nc2cccc(Cl)c2)CC1. The summed E-state index contributed by atoms with van der Waals surface area (Å²) >= 11 is 18.0. The number of halogens is 3. The number of ether oxygens (including phenoxy) is 1. The van der Waals surface area contributed by atoms with E-state index in [1.54, 1.807) is 59.2 Å². The Balaban J connectivity index is 1.55. The molecule has 0 aromatic heterocycles. The summed E-state index contributed by atoms with van der Waals surface area (Å²) in [5, 5.41) is 4.23. The highest BCUT2D eigenvalue weighted by Crippen LogP contribution is 2.28. The zero-order valence-electron chi connectivity index (χ0n) is 16.4. The number of urea groups is 1. The first-order chi connectivity index (χ1) is 14.3. The first-order valence-electron chi connectivity index (χ1n) is 9.55. The number of amides is 3. The standard InChI is InChI=1S/C21H22Cl3N3O3/c1-14(30-19-7-6-16(23)13-18(19)24)20(28)26-8-3-9-27(11-10-26)21(29)25-17-5-2-4-15(22)12-17/h2,4-7,12-14H,3,8-11H2,1H3,(H,25,29). The predicted octanol–water partition coefficient (Wildman–Crippen LogP) is 5.18. The van der Waals surface area contributed by atoms with Gasteiger partial charge in [0.15, 0.2) is 6.10 Å². The van der Waals surface area contributed by atoms with Crippen LogP contribution in [0.15, 0.2) is 42.5 Å². The van der Waals surface area contributed by atoms with Crippen LogP contribution >= 0.6 is 34.8 Å². The zero-order chi connectivity index (χ0) is 21.7. The minimum absolute atomic E-state index is 0.155. The van der Waals surface area contributed by atoms with Gasteiger partial charge in [0.1, 0.15) is 5.75 Å². The maximum absolute atomic E-state index is 12.8. The van der Waals surface area contributed by atoms with Crippen LogP contribution in [0.1, 0.15) is 13.3 Å². The van der Waals surface area contributed by atoms with E-state index in [0.29, 0.717) is 59.1 Å². The molecule has 1 atom stereocenters. The lowest BCUT2D eigenvalue weighted by molar-refractivity contribution is -0.137. The molecule has 1 heterocycles. The lowest BCUT2D eigenvalue weighted by atomic mass is 10.3. The Morgan fingerprint density at radius 1 is 0.967 bits per heavy atom. The summed E-state index contributed by atoms with van der Waals surface area (Å²) < 4.78 is 5.73. The van der Waals surface area contributed by atoms with E-state index in [9.17, 15) is 9.59 Å². The lowest BCUT2D eigenvalue weighted by Gasteiger charge is -2.25. The molecule has 160 valence electrons. The number of hydrogen-bond acceptors (Lipinski definition) is 3. The summed E-state index contributed by atoms with van der Waals surface area (Å²) in [6.45, 7) is 3.62. The fourth-order valence-electron chi connectivity index (χ4n) is 3.18. The molecule has 0 aliphatic carbocycles. The Kier molecular flexibility index (Phi) is 7.69. The van der Waals surface area contributed by atoms with Crippen LogP contribution in [0.5, 0.6) is 5.75 Å². The van der Waals surface area contributed by atoms with Gasteiger partial charge >= 0.3 is 6.03 Å². The molecule has 0 saturated carbocycles. The topological polar surface area (TPSA) is 61.9 Å². The van der Waals surface area contributed by atoms with Crippen molar-refractivity contribution in [3.05, 3.63) is 57.5 Å². The van der Waals surface area contributed by atoms with Gasteiger partial charge in [-0.05, 0) is 49.7 Å². The summed E-state index contributed by atoms with van der Waals surface area (Å²) in [5.74, 6) is 0.248. The van der Waals surface area contributed by atoms with E-state index < -0.39 is 6.10 Å². The number of carbonyl (C=O) groups excluding carboxylic acids is 2. The molecule has 0 radical (unpaired) electrons. The van der Waals surface area contributed by atoms with Crippen molar-refractivity contribution < 1.29 is 14.3 Å². The Morgan fingerprint density at radius 3 is 2.40 bits per heavy atom. The molecule has 1 aliphatic heterocycles. The minimum atomic E-state index is -0.712. The number of carbonyl (C=O) groups is 2. The molecule has 6 nitrogen and oxygen atoms in total. The van der Waals surface area contributed by atoms with Gasteiger partial charge in [-0.2, -0.15) is 0 Å². The van der Waals surface area contributed by atoms with Crippen molar-refractivity contribution in [2.75, 3.05) is 31.5 Å². The summed E-state index contributed by atoms with van der Waals surface area (Å²) in [6.07, 6.45) is -0.0427. The monoisotopic (exact) mass is 469 g/mol. The number of rotatable bonds is 4. The van der Waals surface area contributed by atoms with E-state index in [2.05, 4.69) is 5.32 Å². The third-order valence-corrected chi connectivity index (χ3v) is 5.48. The summed E-state index contributed by atoms with van der Waals surface area (Å²) in [5.41, 5.74) is 0.631. The molecule has 2 aromatic carbocycles. The van der Waals surface area contributed by atoms with Crippen LogP contribution in [0.4, 0.5) is 10.5 Å². The highest BCUT2D eigenvalue weighted by molar-refractivity contribution is 6.35. The van der Waals surface area contributed by atoms with E-state index in [4.69, 9.17) is 39.5 Å². The van der Waals surface area contributed by atoms with E-state index in [0.717, 1.165) is 0 Å². The van der Waals surface area contributed by atoms with Crippen molar-refractivity contribution in [3.63, 3.8) is 0 Å². The van der Waals surface area contributed by atoms with Gasteiger partial charge in [0.2, 0.25) is 0 Å². The Bertz CT molecular complexity index is 925. The van der Waals surface area contributed by atoms with Gasteiger partial charge in [0.05, 0.1) is 5.02 Å². The number of nitrogens with zero attached hydrogens (tertiary/aromatic N) is 2. The van der Waals surface area contributed by atoms with Crippen LogP contribution in [-0.4, -0.2) is 54.0 Å². The number of nitrogens with one attached hydrogen (secondary N) is 1. The molecule has 1 saturated heterocycles. The van der Waals surface area contributed by atoms with E-state index >= 15 is 0 Å². The zero-order valence-corrected chi connectivity index (χ0v) is 18.7. The first-order valence-corrected chi connectivity index (χ1v) is 10.7. The number of benzene rings is 2. The van der Waals surface area contributed by atoms with Gasteiger partial charge in [-0.3, -0.25) is 4.79 Å². The van der Waals surface area contributed by atoms with E-state index in [1.807, 2.05) is 0 Å². The molecule has 1 unspecified atom stereocenters. The van der Waals surface area contributed by atoms with Crippen LogP contribution in [0, 0.1) is 0 Å². The molecule has 9 heteroatoms. The van der Waals surface area contributed by atoms with Gasteiger partial charge in [-0.25, -0.2) is 4.79 Å². The number of hydrogen-bond donors (Lipinski definition) is 1. The average Bonchev–Trinajstić information content (AvgIpc) is 2.96. The van der Waals surface area contributed by atoms with Crippen molar-refractivity contribution in [1.82, 2.24) is 9.80 Å². The molecule has 0 spiro atoms. The van der Waals surface area contributed by atoms with Gasteiger partial charge < -0.3 is 19.9 Å². The smallest absolute Gasteiger partial charge is 0.321 e. The molecule has 3 amide bonds. The Labute approximate surface area is 190 Å². The predicted molar refractivity (Wildman–Crippen MR) is 120 cm³/mol. The van der Waals surface area contributed by atoms with Gasteiger partial charge in [0, 0.05) is 41.9 Å². The molecule has 30 heavy (non-hydrogen) atoms. The molecule has 1 aliphatic rings. The molecular formula is C21H22Cl3N3O3. The van der Waals surface area contributed by atoms with Crippen LogP contribution in [0.3, 0.4) is 0 Å². The second-order valence-corrected chi connectivity index (χ2v) is 8.22. The number of anilines is 1. The van der Waals surface area contributed by atoms with E-state index in [1.165, 1.54) is 0 Å². The van der Waals surface area contributed by atoms with Crippen molar-refractivity contribution in [2.24, 2.45) is 0 Å². The summed E-state index contributed by atoms with van der Waals surface area (Å²) in [6, 6.07) is 11.6. The summed E-state index contributed by atoms with van der Waals surface area (Å²) in [4.78, 5) is 28.8. The van der Waals surface area contributed by atoms with Crippen molar-refractivity contribution >= 4 is 52.4 Å². The second kappa shape index (κ2) is 10.2. The average molecular weight is 471 g/mol. The Morgan fingerprint density at radius 2 is 1.67 bits per heavy atom. The molecule has 1 fully saturated rings. The van der Waals surface area contributed by atoms with Gasteiger partial charge in [-0.15, -0.1) is 0 Å². The maximum atomic E-state index is 12.8. The van der Waals surface area contributed by atoms with Crippen molar-refractivity contribution in [3.8, 4) is 5.75 Å². The van der Waals surface area contributed by atoms with Crippen molar-refractivity contribution in [2.45, 2.75) is 19.4 Å². The lowest BCUT2D eigenvalue weighted by Crippen LogP contribution is -2.43. The van der Waals surface area contributed by atoms with Crippen LogP contribution < -0.4 is 10.1 Å². The van der Waals surface area contributed by atoms with Crippen LogP contribution in [0.2, 0.25) is 15.1 Å². The van der Waals surface area contributed by atoms with Crippen LogP contribution in [0.25, 0.3) is 0 Å². The van der Waals surface area contributed by atoms with Crippen LogP contribution in [-0.2, 0) is 4.79 Å². The highest BCUT2D eigenvalue weighted by Gasteiger charge is 2.26. The highest BCUT2D eigenvalue weighted by atomic mass is 35.5. The largest absolute Gasteiger partial charge is 0.479 e. The minimum Gasteiger partial charge on any atom is -0.479 e. The van der Waals surface area contributed by atoms with Crippen molar-refractivity contribution in [1.29, 1.82) is 0 Å². The molecule has 0 bridgehead atoms. The third kappa shape index (κ3) is 5.94. The Hall–Kier alpha value is -2.15. The first kappa shape index (κ1) is 22.5. The maximum Gasteiger partial charge on any atom is 0.321 e. The van der Waals surface area contributed by atoms with Gasteiger partial charge in [-0.1, -0.05) is 40.9 Å². The fraction of sp³-hybridized carbons (Fsp3) is 0.333. The van der Waals surface area contributed by atoms with Gasteiger partial charge in [0.25, 0.3) is 5.91 Å². The quantitative estimate of drug-likeness (QED) is 0.670. The third-order valence-electron chi connectivity index (χ3n) is 4.72. The molecule has 2 aromatic rings. The molecule has 3 rings (SSSR count). The molecular weight excluding hydrogens is 449 g/mol. The summed E-state index contributed by atoms with van der Waals surface area (Å²) in [7, 11) is 0. The second-order valence-electron chi connectivity index (χ2n) is 6.94. The fourth-order valence-corrected chi connectivity index (χ4v) is 3.82. The normalized spacial score (nSPS) is 15.3.